The van der Waals surface area contributed by atoms with E-state index in [1.165, 1.54) is 38.5 Å². The molecule has 0 saturated carbocycles. The minimum absolute atomic E-state index is 0.0374. The average molecular weight is 525 g/mol. The molecule has 0 radical (unpaired) electrons. The number of ether oxygens (including phenoxy) is 2. The van der Waals surface area contributed by atoms with E-state index in [4.69, 9.17) is 9.47 Å². The van der Waals surface area contributed by atoms with Crippen molar-refractivity contribution in [3.05, 3.63) is 91.5 Å². The van der Waals surface area contributed by atoms with Crippen LogP contribution < -0.4 is 9.47 Å². The van der Waals surface area contributed by atoms with E-state index >= 15 is 0 Å². The molecule has 0 bridgehead atoms. The second-order valence-corrected chi connectivity index (χ2v) is 8.76. The summed E-state index contributed by atoms with van der Waals surface area (Å²) in [4.78, 5) is 35.0. The quantitative estimate of drug-likeness (QED) is 0.233. The molecule has 12 nitrogen and oxygen atoms in total. The van der Waals surface area contributed by atoms with Gasteiger partial charge in [-0.3, -0.25) is 25.0 Å². The van der Waals surface area contributed by atoms with Gasteiger partial charge in [0, 0.05) is 12.1 Å². The van der Waals surface area contributed by atoms with Crippen molar-refractivity contribution in [1.29, 1.82) is 0 Å². The highest BCUT2D eigenvalue weighted by Gasteiger charge is 2.42. The molecule has 0 aliphatic carbocycles. The van der Waals surface area contributed by atoms with Crippen LogP contribution in [0.5, 0.6) is 11.5 Å². The van der Waals surface area contributed by atoms with E-state index in [1.807, 2.05) is 0 Å². The Bertz CT molecular complexity index is 1450. The van der Waals surface area contributed by atoms with Crippen LogP contribution in [0.2, 0.25) is 0 Å². The first-order chi connectivity index (χ1) is 17.7. The molecule has 0 fully saturated rings. The Morgan fingerprint density at radius 1 is 0.865 bits per heavy atom. The summed E-state index contributed by atoms with van der Waals surface area (Å²) in [7, 11) is 2.61. The SMILES string of the molecule is COc1ccc(CC(Cc2ccc(OC)c([N+](=O)[O-])c2)(C(=O)O)c2ccc3nsnc3c2)cc1[N+](=O)[O-]. The number of nitro benzene ring substituents is 2. The Balaban J connectivity index is 1.90. The zero-order chi connectivity index (χ0) is 26.7. The van der Waals surface area contributed by atoms with Gasteiger partial charge in [-0.15, -0.1) is 0 Å². The van der Waals surface area contributed by atoms with Gasteiger partial charge in [-0.1, -0.05) is 18.2 Å². The number of fused-ring (bicyclic) bond motifs is 1. The standard InChI is InChI=1S/C24H20N4O8S/c1-35-21-7-3-14(9-19(21)27(31)32)12-24(23(29)30,16-5-6-17-18(11-16)26-37-25-17)13-15-4-8-22(36-2)20(10-15)28(33)34/h3-11H,12-13H2,1-2H3,(H,29,30). The molecular weight excluding hydrogens is 504 g/mol. The Morgan fingerprint density at radius 2 is 1.38 bits per heavy atom. The lowest BCUT2D eigenvalue weighted by Gasteiger charge is -2.30. The highest BCUT2D eigenvalue weighted by molar-refractivity contribution is 7.00. The highest BCUT2D eigenvalue weighted by atomic mass is 32.1. The smallest absolute Gasteiger partial charge is 0.314 e. The summed E-state index contributed by atoms with van der Waals surface area (Å²) in [5.41, 5.74) is -0.0799. The maximum atomic E-state index is 13.0. The molecule has 1 heterocycles. The van der Waals surface area contributed by atoms with Crippen LogP contribution in [0.4, 0.5) is 11.4 Å². The zero-order valence-electron chi connectivity index (χ0n) is 19.6. The van der Waals surface area contributed by atoms with Crippen LogP contribution in [0.15, 0.2) is 54.6 Å². The molecule has 0 unspecified atom stereocenters. The van der Waals surface area contributed by atoms with Crippen LogP contribution >= 0.6 is 11.7 Å². The molecule has 3 aromatic carbocycles. The third kappa shape index (κ3) is 4.89. The van der Waals surface area contributed by atoms with Gasteiger partial charge in [0.05, 0.1) is 35.8 Å². The molecule has 0 atom stereocenters. The van der Waals surface area contributed by atoms with E-state index in [0.717, 1.165) is 11.7 Å². The minimum Gasteiger partial charge on any atom is -0.490 e. The first-order valence-electron chi connectivity index (χ1n) is 10.8. The van der Waals surface area contributed by atoms with E-state index in [9.17, 15) is 30.1 Å². The van der Waals surface area contributed by atoms with Gasteiger partial charge < -0.3 is 14.6 Å². The van der Waals surface area contributed by atoms with Crippen LogP contribution in [0, 0.1) is 20.2 Å². The first kappa shape index (κ1) is 25.4. The number of aromatic nitrogens is 2. The van der Waals surface area contributed by atoms with E-state index in [1.54, 1.807) is 30.3 Å². The molecule has 37 heavy (non-hydrogen) atoms. The van der Waals surface area contributed by atoms with Crippen LogP contribution in [0.3, 0.4) is 0 Å². The topological polar surface area (TPSA) is 168 Å². The van der Waals surface area contributed by atoms with E-state index in [2.05, 4.69) is 8.75 Å². The summed E-state index contributed by atoms with van der Waals surface area (Å²) >= 11 is 0.982. The van der Waals surface area contributed by atoms with Crippen molar-refractivity contribution in [1.82, 2.24) is 8.75 Å². The van der Waals surface area contributed by atoms with Gasteiger partial charge in [-0.05, 0) is 53.8 Å². The number of nitro groups is 2. The van der Waals surface area contributed by atoms with Crippen molar-refractivity contribution in [3.63, 3.8) is 0 Å². The predicted octanol–water partition coefficient (Wildman–Crippen LogP) is 4.33. The Kier molecular flexibility index (Phi) is 6.98. The Labute approximate surface area is 213 Å². The number of hydrogen-bond acceptors (Lipinski definition) is 10. The van der Waals surface area contributed by atoms with Gasteiger partial charge in [0.1, 0.15) is 16.4 Å². The minimum atomic E-state index is -1.66. The fourth-order valence-electron chi connectivity index (χ4n) is 4.29. The highest BCUT2D eigenvalue weighted by Crippen LogP contribution is 2.38. The first-order valence-corrected chi connectivity index (χ1v) is 11.5. The van der Waals surface area contributed by atoms with Crippen molar-refractivity contribution in [2.75, 3.05) is 14.2 Å². The number of carboxylic acids is 1. The van der Waals surface area contributed by atoms with Crippen molar-refractivity contribution < 1.29 is 29.2 Å². The van der Waals surface area contributed by atoms with Crippen molar-refractivity contribution in [2.24, 2.45) is 0 Å². The lowest BCUT2D eigenvalue weighted by Crippen LogP contribution is -2.40. The van der Waals surface area contributed by atoms with Crippen molar-refractivity contribution in [2.45, 2.75) is 18.3 Å². The van der Waals surface area contributed by atoms with Gasteiger partial charge in [0.25, 0.3) is 0 Å². The molecule has 1 aromatic heterocycles. The maximum Gasteiger partial charge on any atom is 0.314 e. The number of methoxy groups -OCH3 is 2. The molecular formula is C24H20N4O8S. The van der Waals surface area contributed by atoms with Gasteiger partial charge in [0.15, 0.2) is 11.5 Å². The van der Waals surface area contributed by atoms with Gasteiger partial charge in [0.2, 0.25) is 0 Å². The molecule has 1 N–H and O–H groups in total. The third-order valence-corrected chi connectivity index (χ3v) is 6.66. The van der Waals surface area contributed by atoms with E-state index < -0.39 is 21.2 Å². The van der Waals surface area contributed by atoms with E-state index in [-0.39, 0.29) is 35.7 Å². The van der Waals surface area contributed by atoms with Crippen LogP contribution in [-0.4, -0.2) is 43.9 Å². The summed E-state index contributed by atoms with van der Waals surface area (Å²) < 4.78 is 18.5. The number of aliphatic carboxylic acids is 1. The third-order valence-electron chi connectivity index (χ3n) is 6.11. The number of hydrogen-bond donors (Lipinski definition) is 1. The lowest BCUT2D eigenvalue weighted by atomic mass is 9.71. The maximum absolute atomic E-state index is 13.0. The normalized spacial score (nSPS) is 11.3. The molecule has 13 heteroatoms. The lowest BCUT2D eigenvalue weighted by molar-refractivity contribution is -0.385. The zero-order valence-corrected chi connectivity index (χ0v) is 20.4. The Morgan fingerprint density at radius 3 is 1.84 bits per heavy atom. The van der Waals surface area contributed by atoms with Crippen LogP contribution in [0.1, 0.15) is 16.7 Å². The fourth-order valence-corrected chi connectivity index (χ4v) is 4.81. The second-order valence-electron chi connectivity index (χ2n) is 8.24. The predicted molar refractivity (Wildman–Crippen MR) is 133 cm³/mol. The summed E-state index contributed by atoms with van der Waals surface area (Å²) in [5, 5.41) is 33.8. The van der Waals surface area contributed by atoms with Crippen LogP contribution in [-0.2, 0) is 23.1 Å². The number of rotatable bonds is 10. The second kappa shape index (κ2) is 10.1. The summed E-state index contributed by atoms with van der Waals surface area (Å²) in [5.74, 6) is -1.14. The summed E-state index contributed by atoms with van der Waals surface area (Å²) in [6.07, 6.45) is -0.313. The molecule has 4 aromatic rings. The summed E-state index contributed by atoms with van der Waals surface area (Å²) in [6, 6.07) is 13.4. The number of benzene rings is 3. The van der Waals surface area contributed by atoms with E-state index in [0.29, 0.717) is 27.7 Å². The number of nitrogens with zero attached hydrogens (tertiary/aromatic N) is 4. The molecule has 4 rings (SSSR count). The van der Waals surface area contributed by atoms with Crippen molar-refractivity contribution in [3.8, 4) is 11.5 Å². The molecule has 190 valence electrons. The van der Waals surface area contributed by atoms with Gasteiger partial charge >= 0.3 is 17.3 Å². The molecule has 0 aliphatic heterocycles. The largest absolute Gasteiger partial charge is 0.490 e. The van der Waals surface area contributed by atoms with Gasteiger partial charge in [-0.25, -0.2) is 0 Å². The molecule has 0 saturated heterocycles. The average Bonchev–Trinajstić information content (AvgIpc) is 3.36. The molecule has 0 spiro atoms. The van der Waals surface area contributed by atoms with Crippen molar-refractivity contribution >= 4 is 40.1 Å². The number of carboxylic acid groups (broad SMARTS) is 1. The fraction of sp³-hybridized carbons (Fsp3) is 0.208. The monoisotopic (exact) mass is 524 g/mol. The molecule has 0 aliphatic rings. The van der Waals surface area contributed by atoms with Gasteiger partial charge in [-0.2, -0.15) is 8.75 Å². The Hall–Kier alpha value is -4.65. The molecule has 0 amide bonds. The van der Waals surface area contributed by atoms with Crippen LogP contribution in [0.25, 0.3) is 11.0 Å². The number of carbonyl (C=O) groups is 1. The summed E-state index contributed by atoms with van der Waals surface area (Å²) in [6.45, 7) is 0.